The van der Waals surface area contributed by atoms with E-state index in [-0.39, 0.29) is 10.8 Å². The zero-order valence-electron chi connectivity index (χ0n) is 11.4. The number of aliphatic hydroxyl groups is 1. The molecule has 0 heterocycles. The number of allylic oxidation sites excluding steroid dienone is 1. The first-order chi connectivity index (χ1) is 7.22. The van der Waals surface area contributed by atoms with Crippen LogP contribution in [0, 0.1) is 16.7 Å². The Balaban J connectivity index is 2.51. The van der Waals surface area contributed by atoms with Crippen molar-refractivity contribution in [2.75, 3.05) is 0 Å². The van der Waals surface area contributed by atoms with Crippen LogP contribution in [0.5, 0.6) is 0 Å². The minimum atomic E-state index is -0.547. The third kappa shape index (κ3) is 1.40. The van der Waals surface area contributed by atoms with Gasteiger partial charge in [-0.25, -0.2) is 0 Å². The molecule has 3 unspecified atom stereocenters. The molecule has 0 bridgehead atoms. The molecule has 0 radical (unpaired) electrons. The third-order valence-corrected chi connectivity index (χ3v) is 5.55. The van der Waals surface area contributed by atoms with Crippen LogP contribution in [-0.4, -0.2) is 10.7 Å². The Labute approximate surface area is 99.9 Å². The van der Waals surface area contributed by atoms with Gasteiger partial charge in [0.2, 0.25) is 0 Å². The Bertz CT molecular complexity index is 324. The fourth-order valence-corrected chi connectivity index (χ4v) is 4.00. The zero-order chi connectivity index (χ0) is 12.2. The van der Waals surface area contributed by atoms with Crippen LogP contribution in [0.4, 0.5) is 0 Å². The molecule has 0 spiro atoms. The second kappa shape index (κ2) is 3.35. The predicted molar refractivity (Wildman–Crippen MR) is 68.2 cm³/mol. The van der Waals surface area contributed by atoms with Gasteiger partial charge in [0.25, 0.3) is 0 Å². The van der Waals surface area contributed by atoms with Crippen molar-refractivity contribution in [1.82, 2.24) is 0 Å². The maximum atomic E-state index is 10.9. The molecule has 16 heavy (non-hydrogen) atoms. The Kier molecular flexibility index (Phi) is 2.55. The Morgan fingerprint density at radius 1 is 1.19 bits per heavy atom. The zero-order valence-corrected chi connectivity index (χ0v) is 11.4. The van der Waals surface area contributed by atoms with Gasteiger partial charge in [0.1, 0.15) is 0 Å². The van der Waals surface area contributed by atoms with E-state index < -0.39 is 5.60 Å². The van der Waals surface area contributed by atoms with Crippen molar-refractivity contribution in [3.63, 3.8) is 0 Å². The van der Waals surface area contributed by atoms with Crippen molar-refractivity contribution in [1.29, 1.82) is 0 Å². The maximum absolute atomic E-state index is 10.9. The van der Waals surface area contributed by atoms with Gasteiger partial charge < -0.3 is 5.11 Å². The molecule has 3 atom stereocenters. The quantitative estimate of drug-likeness (QED) is 0.616. The van der Waals surface area contributed by atoms with Crippen molar-refractivity contribution < 1.29 is 5.11 Å². The van der Waals surface area contributed by atoms with Crippen molar-refractivity contribution in [2.45, 2.75) is 65.9 Å². The Hall–Kier alpha value is -0.300. The highest BCUT2D eigenvalue weighted by atomic mass is 16.3. The van der Waals surface area contributed by atoms with Gasteiger partial charge >= 0.3 is 0 Å². The molecule has 0 aliphatic heterocycles. The molecule has 0 saturated heterocycles. The summed E-state index contributed by atoms with van der Waals surface area (Å²) in [6, 6.07) is 0. The summed E-state index contributed by atoms with van der Waals surface area (Å²) in [4.78, 5) is 0. The van der Waals surface area contributed by atoms with Gasteiger partial charge in [-0.1, -0.05) is 45.8 Å². The molecule has 92 valence electrons. The number of hydrogen-bond acceptors (Lipinski definition) is 1. The van der Waals surface area contributed by atoms with E-state index in [0.717, 1.165) is 12.8 Å². The first-order valence-electron chi connectivity index (χ1n) is 6.65. The third-order valence-electron chi connectivity index (χ3n) is 5.55. The lowest BCUT2D eigenvalue weighted by Gasteiger charge is -2.57. The first-order valence-corrected chi connectivity index (χ1v) is 6.65. The summed E-state index contributed by atoms with van der Waals surface area (Å²) in [6.07, 6.45) is 7.09. The average Bonchev–Trinajstić information content (AvgIpc) is 2.13. The fraction of sp³-hybridized carbons (Fsp3) is 0.867. The number of hydrogen-bond donors (Lipinski definition) is 1. The SMILES string of the molecule is CC1CC=C2C(C)(C)CCCC2(C)C1(C)O. The molecular weight excluding hydrogens is 196 g/mol. The first kappa shape index (κ1) is 12.2. The molecule has 2 aliphatic rings. The van der Waals surface area contributed by atoms with Crippen LogP contribution in [0.2, 0.25) is 0 Å². The lowest BCUT2D eigenvalue weighted by atomic mass is 9.50. The fourth-order valence-electron chi connectivity index (χ4n) is 4.00. The molecule has 0 aromatic heterocycles. The van der Waals surface area contributed by atoms with Gasteiger partial charge in [0.05, 0.1) is 5.60 Å². The molecule has 0 aromatic rings. The summed E-state index contributed by atoms with van der Waals surface area (Å²) in [5, 5.41) is 10.9. The molecule has 1 saturated carbocycles. The van der Waals surface area contributed by atoms with Crippen molar-refractivity contribution in [3.05, 3.63) is 11.6 Å². The van der Waals surface area contributed by atoms with Crippen molar-refractivity contribution in [2.24, 2.45) is 16.7 Å². The summed E-state index contributed by atoms with van der Waals surface area (Å²) in [5.41, 5.74) is 1.23. The van der Waals surface area contributed by atoms with E-state index in [4.69, 9.17) is 0 Å². The number of rotatable bonds is 0. The normalized spacial score (nSPS) is 47.1. The van der Waals surface area contributed by atoms with E-state index >= 15 is 0 Å². The van der Waals surface area contributed by atoms with Gasteiger partial charge in [-0.05, 0) is 37.5 Å². The number of fused-ring (bicyclic) bond motifs is 1. The summed E-state index contributed by atoms with van der Waals surface area (Å²) >= 11 is 0. The molecule has 1 nitrogen and oxygen atoms in total. The Morgan fingerprint density at radius 2 is 1.81 bits per heavy atom. The highest BCUT2D eigenvalue weighted by Gasteiger charge is 2.55. The molecule has 2 rings (SSSR count). The second-order valence-electron chi connectivity index (χ2n) is 6.97. The van der Waals surface area contributed by atoms with E-state index in [0.29, 0.717) is 5.92 Å². The lowest BCUT2D eigenvalue weighted by Crippen LogP contribution is -2.55. The monoisotopic (exact) mass is 222 g/mol. The summed E-state index contributed by atoms with van der Waals surface area (Å²) in [5.74, 6) is 0.371. The molecule has 0 aromatic carbocycles. The van der Waals surface area contributed by atoms with Crippen LogP contribution in [0.15, 0.2) is 11.6 Å². The molecule has 0 amide bonds. The van der Waals surface area contributed by atoms with E-state index in [1.54, 1.807) is 0 Å². The van der Waals surface area contributed by atoms with Gasteiger partial charge in [0.15, 0.2) is 0 Å². The Morgan fingerprint density at radius 3 is 2.44 bits per heavy atom. The summed E-state index contributed by atoms with van der Waals surface area (Å²) < 4.78 is 0. The second-order valence-corrected chi connectivity index (χ2v) is 6.97. The topological polar surface area (TPSA) is 20.2 Å². The van der Waals surface area contributed by atoms with Crippen LogP contribution >= 0.6 is 0 Å². The smallest absolute Gasteiger partial charge is 0.0738 e. The average molecular weight is 222 g/mol. The molecule has 1 fully saturated rings. The van der Waals surface area contributed by atoms with Crippen LogP contribution in [-0.2, 0) is 0 Å². The van der Waals surface area contributed by atoms with Gasteiger partial charge in [-0.2, -0.15) is 0 Å². The molecule has 1 heteroatoms. The van der Waals surface area contributed by atoms with E-state index in [1.807, 2.05) is 6.92 Å². The van der Waals surface area contributed by atoms with Gasteiger partial charge in [0, 0.05) is 5.41 Å². The summed E-state index contributed by atoms with van der Waals surface area (Å²) in [7, 11) is 0. The lowest BCUT2D eigenvalue weighted by molar-refractivity contribution is -0.109. The van der Waals surface area contributed by atoms with E-state index in [9.17, 15) is 5.11 Å². The van der Waals surface area contributed by atoms with Gasteiger partial charge in [-0.3, -0.25) is 0 Å². The summed E-state index contributed by atoms with van der Waals surface area (Å²) in [6.45, 7) is 11.2. The van der Waals surface area contributed by atoms with Crippen LogP contribution in [0.3, 0.4) is 0 Å². The van der Waals surface area contributed by atoms with Crippen LogP contribution in [0.25, 0.3) is 0 Å². The largest absolute Gasteiger partial charge is 0.389 e. The minimum absolute atomic E-state index is 0.00752. The van der Waals surface area contributed by atoms with Gasteiger partial charge in [-0.15, -0.1) is 0 Å². The predicted octanol–water partition coefficient (Wildman–Crippen LogP) is 3.92. The molecule has 1 N–H and O–H groups in total. The van der Waals surface area contributed by atoms with E-state index in [1.165, 1.54) is 18.4 Å². The van der Waals surface area contributed by atoms with Crippen LogP contribution < -0.4 is 0 Å². The highest BCUT2D eigenvalue weighted by molar-refractivity contribution is 5.31. The van der Waals surface area contributed by atoms with E-state index in [2.05, 4.69) is 33.8 Å². The van der Waals surface area contributed by atoms with Crippen molar-refractivity contribution in [3.8, 4) is 0 Å². The molecular formula is C15H26O. The van der Waals surface area contributed by atoms with Crippen LogP contribution in [0.1, 0.15) is 60.3 Å². The standard InChI is InChI=1S/C15H26O/c1-11-7-8-12-13(2,3)9-6-10-14(12,4)15(11,5)16/h8,11,16H,6-7,9-10H2,1-5H3. The molecule has 2 aliphatic carbocycles. The highest BCUT2D eigenvalue weighted by Crippen LogP contribution is 2.59. The minimum Gasteiger partial charge on any atom is -0.389 e. The van der Waals surface area contributed by atoms with Crippen molar-refractivity contribution >= 4 is 0 Å². The maximum Gasteiger partial charge on any atom is 0.0738 e.